The average Bonchev–Trinajstić information content (AvgIpc) is 2.54. The van der Waals surface area contributed by atoms with Crippen molar-refractivity contribution < 1.29 is 12.8 Å². The minimum absolute atomic E-state index is 0.0627. The van der Waals surface area contributed by atoms with Gasteiger partial charge in [0.1, 0.15) is 10.7 Å². The van der Waals surface area contributed by atoms with Gasteiger partial charge in [0.05, 0.1) is 11.6 Å². The second-order valence-corrected chi connectivity index (χ2v) is 8.90. The van der Waals surface area contributed by atoms with Crippen LogP contribution in [-0.4, -0.2) is 14.0 Å². The third-order valence-electron chi connectivity index (χ3n) is 4.56. The standard InChI is InChI=1S/C18H15Cl2FN2O2S/c19-14-4-3-13(15(20)9-14)10-18(6-1-7-18)23-26(24,25)17-5-2-12(11-22)8-16(17)21/h2-5,8-9,23H,1,6-7,10H2. The van der Waals surface area contributed by atoms with Gasteiger partial charge in [-0.25, -0.2) is 17.5 Å². The zero-order chi connectivity index (χ0) is 18.9. The second-order valence-electron chi connectivity index (χ2n) is 6.41. The van der Waals surface area contributed by atoms with Crippen LogP contribution < -0.4 is 4.72 Å². The summed E-state index contributed by atoms with van der Waals surface area (Å²) in [6.07, 6.45) is 2.51. The van der Waals surface area contributed by atoms with E-state index in [2.05, 4.69) is 4.72 Å². The molecular weight excluding hydrogens is 398 g/mol. The highest BCUT2D eigenvalue weighted by molar-refractivity contribution is 7.89. The average molecular weight is 413 g/mol. The number of rotatable bonds is 5. The van der Waals surface area contributed by atoms with E-state index in [9.17, 15) is 12.8 Å². The summed E-state index contributed by atoms with van der Waals surface area (Å²) in [6.45, 7) is 0. The fourth-order valence-corrected chi connectivity index (χ4v) is 5.07. The molecule has 0 spiro atoms. The predicted octanol–water partition coefficient (Wildman–Crippen LogP) is 4.45. The molecule has 1 saturated carbocycles. The Balaban J connectivity index is 1.88. The first-order valence-corrected chi connectivity index (χ1v) is 10.2. The van der Waals surface area contributed by atoms with Crippen molar-refractivity contribution in [1.82, 2.24) is 4.72 Å². The zero-order valence-electron chi connectivity index (χ0n) is 13.6. The Morgan fingerprint density at radius 3 is 2.46 bits per heavy atom. The first-order valence-electron chi connectivity index (χ1n) is 7.92. The molecule has 0 saturated heterocycles. The molecule has 1 aliphatic carbocycles. The van der Waals surface area contributed by atoms with E-state index in [1.807, 2.05) is 0 Å². The Hall–Kier alpha value is -1.65. The summed E-state index contributed by atoms with van der Waals surface area (Å²) in [5.41, 5.74) is 0.128. The van der Waals surface area contributed by atoms with Gasteiger partial charge in [0, 0.05) is 15.6 Å². The molecule has 4 nitrogen and oxygen atoms in total. The molecule has 0 heterocycles. The third-order valence-corrected chi connectivity index (χ3v) is 6.75. The van der Waals surface area contributed by atoms with Gasteiger partial charge in [0.15, 0.2) is 0 Å². The summed E-state index contributed by atoms with van der Waals surface area (Å²) in [7, 11) is -4.08. The maximum absolute atomic E-state index is 14.2. The summed E-state index contributed by atoms with van der Waals surface area (Å²) in [4.78, 5) is -0.468. The first-order chi connectivity index (χ1) is 12.2. The quantitative estimate of drug-likeness (QED) is 0.788. The zero-order valence-corrected chi connectivity index (χ0v) is 15.9. The van der Waals surface area contributed by atoms with Gasteiger partial charge in [-0.1, -0.05) is 29.3 Å². The van der Waals surface area contributed by atoms with Crippen LogP contribution >= 0.6 is 23.2 Å². The molecule has 0 amide bonds. The van der Waals surface area contributed by atoms with Crippen molar-refractivity contribution in [2.24, 2.45) is 0 Å². The third kappa shape index (κ3) is 3.86. The van der Waals surface area contributed by atoms with E-state index in [1.165, 1.54) is 6.07 Å². The van der Waals surface area contributed by atoms with Crippen LogP contribution in [0.1, 0.15) is 30.4 Å². The van der Waals surface area contributed by atoms with Crippen LogP contribution in [-0.2, 0) is 16.4 Å². The molecule has 2 aromatic rings. The molecule has 2 aromatic carbocycles. The monoisotopic (exact) mass is 412 g/mol. The maximum Gasteiger partial charge on any atom is 0.243 e. The number of hydrogen-bond donors (Lipinski definition) is 1. The van der Waals surface area contributed by atoms with Gasteiger partial charge in [0.25, 0.3) is 0 Å². The molecule has 3 rings (SSSR count). The molecule has 0 bridgehead atoms. The van der Waals surface area contributed by atoms with Crippen molar-refractivity contribution in [3.8, 4) is 6.07 Å². The minimum Gasteiger partial charge on any atom is -0.207 e. The summed E-state index contributed by atoms with van der Waals surface area (Å²) in [5.74, 6) is -0.949. The van der Waals surface area contributed by atoms with Crippen LogP contribution in [0, 0.1) is 17.1 Å². The van der Waals surface area contributed by atoms with Crippen LogP contribution in [0.5, 0.6) is 0 Å². The number of hydrogen-bond acceptors (Lipinski definition) is 3. The fraction of sp³-hybridized carbons (Fsp3) is 0.278. The maximum atomic E-state index is 14.2. The molecule has 8 heteroatoms. The van der Waals surface area contributed by atoms with Crippen molar-refractivity contribution in [2.75, 3.05) is 0 Å². The SMILES string of the molecule is N#Cc1ccc(S(=O)(=O)NC2(Cc3ccc(Cl)cc3Cl)CCC2)c(F)c1. The molecule has 0 aromatic heterocycles. The molecule has 1 fully saturated rings. The molecule has 0 radical (unpaired) electrons. The van der Waals surface area contributed by atoms with Gasteiger partial charge in [0.2, 0.25) is 10.0 Å². The summed E-state index contributed by atoms with van der Waals surface area (Å²) >= 11 is 12.1. The number of halogens is 3. The van der Waals surface area contributed by atoms with Crippen molar-refractivity contribution in [1.29, 1.82) is 5.26 Å². The Morgan fingerprint density at radius 1 is 1.19 bits per heavy atom. The minimum atomic E-state index is -4.08. The largest absolute Gasteiger partial charge is 0.243 e. The van der Waals surface area contributed by atoms with E-state index >= 15 is 0 Å². The Bertz CT molecular complexity index is 999. The number of sulfonamides is 1. The van der Waals surface area contributed by atoms with E-state index in [0.29, 0.717) is 29.3 Å². The second kappa shape index (κ2) is 7.16. The smallest absolute Gasteiger partial charge is 0.207 e. The van der Waals surface area contributed by atoms with Gasteiger partial charge in [-0.05, 0) is 61.6 Å². The Kier molecular flexibility index (Phi) is 5.27. The van der Waals surface area contributed by atoms with E-state index < -0.39 is 26.3 Å². The van der Waals surface area contributed by atoms with Gasteiger partial charge >= 0.3 is 0 Å². The number of nitrogens with one attached hydrogen (secondary N) is 1. The molecule has 1 N–H and O–H groups in total. The molecule has 26 heavy (non-hydrogen) atoms. The number of benzene rings is 2. The Labute approximate surface area is 161 Å². The molecule has 136 valence electrons. The highest BCUT2D eigenvalue weighted by Crippen LogP contribution is 2.38. The lowest BCUT2D eigenvalue weighted by molar-refractivity contribution is 0.220. The number of nitriles is 1. The van der Waals surface area contributed by atoms with Crippen LogP contribution in [0.25, 0.3) is 0 Å². The summed E-state index contributed by atoms with van der Waals surface area (Å²) in [5, 5.41) is 9.76. The van der Waals surface area contributed by atoms with Crippen molar-refractivity contribution in [2.45, 2.75) is 36.1 Å². The lowest BCUT2D eigenvalue weighted by atomic mass is 9.74. The first kappa shape index (κ1) is 19.1. The van der Waals surface area contributed by atoms with Crippen LogP contribution in [0.4, 0.5) is 4.39 Å². The molecule has 0 atom stereocenters. The van der Waals surface area contributed by atoms with Gasteiger partial charge in [-0.15, -0.1) is 0 Å². The molecule has 0 unspecified atom stereocenters. The highest BCUT2D eigenvalue weighted by Gasteiger charge is 2.41. The van der Waals surface area contributed by atoms with E-state index in [-0.39, 0.29) is 5.56 Å². The highest BCUT2D eigenvalue weighted by atomic mass is 35.5. The van der Waals surface area contributed by atoms with Crippen molar-refractivity contribution >= 4 is 33.2 Å². The predicted molar refractivity (Wildman–Crippen MR) is 98.2 cm³/mol. The molecule has 0 aliphatic heterocycles. The van der Waals surface area contributed by atoms with Crippen LogP contribution in [0.3, 0.4) is 0 Å². The van der Waals surface area contributed by atoms with E-state index in [0.717, 1.165) is 24.1 Å². The lowest BCUT2D eigenvalue weighted by Crippen LogP contribution is -2.55. The lowest BCUT2D eigenvalue weighted by Gasteiger charge is -2.42. The van der Waals surface area contributed by atoms with Crippen LogP contribution in [0.2, 0.25) is 10.0 Å². The van der Waals surface area contributed by atoms with E-state index in [4.69, 9.17) is 28.5 Å². The normalized spacial score (nSPS) is 15.9. The number of nitrogens with zero attached hydrogens (tertiary/aromatic N) is 1. The summed E-state index contributed by atoms with van der Waals surface area (Å²) in [6, 6.07) is 10.2. The van der Waals surface area contributed by atoms with Gasteiger partial charge < -0.3 is 0 Å². The summed E-state index contributed by atoms with van der Waals surface area (Å²) < 4.78 is 42.2. The topological polar surface area (TPSA) is 70.0 Å². The molecular formula is C18H15Cl2FN2O2S. The Morgan fingerprint density at radius 2 is 1.92 bits per heavy atom. The fourth-order valence-electron chi connectivity index (χ4n) is 3.08. The van der Waals surface area contributed by atoms with Gasteiger partial charge in [-0.2, -0.15) is 5.26 Å². The molecule has 1 aliphatic rings. The van der Waals surface area contributed by atoms with E-state index in [1.54, 1.807) is 24.3 Å². The van der Waals surface area contributed by atoms with Gasteiger partial charge in [-0.3, -0.25) is 0 Å². The van der Waals surface area contributed by atoms with Crippen molar-refractivity contribution in [3.05, 3.63) is 63.4 Å². The van der Waals surface area contributed by atoms with Crippen LogP contribution in [0.15, 0.2) is 41.3 Å². The van der Waals surface area contributed by atoms with Crippen molar-refractivity contribution in [3.63, 3.8) is 0 Å².